The van der Waals surface area contributed by atoms with Crippen LogP contribution in [-0.2, 0) is 16.0 Å². The standard InChI is InChI=1S/C34H32BrFN2O5/c35-25-10-14-27(15-11-25)37-32(24-8-16-29(39)17-9-24)30(18-19-31(40)23-6-12-26(36)13-7-23)33(41)38-28(21-43-34(38)42)20-22-4-2-1-3-5-22/h1-17,28,30-32,37,39-40H,18-21H2/t28-,30+,31-,32+/m0/s1. The summed E-state index contributed by atoms with van der Waals surface area (Å²) in [5.74, 6) is -1.59. The number of rotatable bonds is 11. The molecule has 4 atom stereocenters. The summed E-state index contributed by atoms with van der Waals surface area (Å²) in [7, 11) is 0. The number of aromatic hydroxyl groups is 1. The first-order valence-corrected chi connectivity index (χ1v) is 14.9. The second-order valence-corrected chi connectivity index (χ2v) is 11.5. The molecule has 222 valence electrons. The SMILES string of the molecule is O=C1OC[C@H](Cc2ccccc2)N1C(=O)[C@H](CC[C@H](O)c1ccc(F)cc1)[C@H](Nc1ccc(Br)cc1)c1ccc(O)cc1. The Kier molecular flexibility index (Phi) is 9.74. The molecule has 1 aliphatic rings. The summed E-state index contributed by atoms with van der Waals surface area (Å²) in [6.07, 6.45) is -0.871. The molecule has 0 unspecified atom stereocenters. The van der Waals surface area contributed by atoms with Gasteiger partial charge in [-0.05, 0) is 84.5 Å². The monoisotopic (exact) mass is 646 g/mol. The van der Waals surface area contributed by atoms with E-state index in [4.69, 9.17) is 4.74 Å². The molecule has 1 fully saturated rings. The van der Waals surface area contributed by atoms with Gasteiger partial charge in [0.15, 0.2) is 0 Å². The highest BCUT2D eigenvalue weighted by Gasteiger charge is 2.43. The topological polar surface area (TPSA) is 99.1 Å². The number of hydrogen-bond donors (Lipinski definition) is 3. The minimum atomic E-state index is -0.963. The molecule has 0 aromatic heterocycles. The second-order valence-electron chi connectivity index (χ2n) is 10.6. The molecule has 43 heavy (non-hydrogen) atoms. The van der Waals surface area contributed by atoms with Crippen LogP contribution < -0.4 is 5.32 Å². The summed E-state index contributed by atoms with van der Waals surface area (Å²) in [6, 6.07) is 28.1. The van der Waals surface area contributed by atoms with E-state index in [-0.39, 0.29) is 25.2 Å². The lowest BCUT2D eigenvalue weighted by Gasteiger charge is -2.32. The van der Waals surface area contributed by atoms with E-state index in [1.54, 1.807) is 24.3 Å². The summed E-state index contributed by atoms with van der Waals surface area (Å²) in [4.78, 5) is 28.7. The molecule has 3 N–H and O–H groups in total. The first kappa shape index (κ1) is 30.3. The van der Waals surface area contributed by atoms with Crippen LogP contribution >= 0.6 is 15.9 Å². The van der Waals surface area contributed by atoms with Crippen molar-refractivity contribution in [3.05, 3.63) is 130 Å². The van der Waals surface area contributed by atoms with Gasteiger partial charge in [0.05, 0.1) is 24.1 Å². The Morgan fingerprint density at radius 2 is 1.58 bits per heavy atom. The number of aliphatic hydroxyl groups excluding tert-OH is 1. The van der Waals surface area contributed by atoms with Crippen molar-refractivity contribution in [2.24, 2.45) is 5.92 Å². The largest absolute Gasteiger partial charge is 0.508 e. The molecule has 1 heterocycles. The van der Waals surface area contributed by atoms with E-state index in [1.165, 1.54) is 29.2 Å². The number of halogens is 2. The second kappa shape index (κ2) is 13.8. The normalized spacial score (nSPS) is 16.8. The molecule has 0 radical (unpaired) electrons. The number of ether oxygens (including phenoxy) is 1. The zero-order chi connectivity index (χ0) is 30.3. The van der Waals surface area contributed by atoms with Gasteiger partial charge in [-0.1, -0.05) is 70.5 Å². The number of hydrogen-bond acceptors (Lipinski definition) is 6. The maximum absolute atomic E-state index is 14.5. The van der Waals surface area contributed by atoms with E-state index in [1.807, 2.05) is 54.6 Å². The number of phenolic OH excluding ortho intramolecular Hbond substituents is 1. The van der Waals surface area contributed by atoms with E-state index >= 15 is 0 Å². The zero-order valence-electron chi connectivity index (χ0n) is 23.3. The number of benzene rings is 4. The summed E-state index contributed by atoms with van der Waals surface area (Å²) in [6.45, 7) is 0.0778. The Hall–Kier alpha value is -4.21. The Balaban J connectivity index is 1.50. The molecule has 4 aromatic carbocycles. The van der Waals surface area contributed by atoms with Crippen LogP contribution in [0.4, 0.5) is 14.9 Å². The van der Waals surface area contributed by atoms with E-state index < -0.39 is 41.9 Å². The predicted octanol–water partition coefficient (Wildman–Crippen LogP) is 7.17. The number of nitrogens with one attached hydrogen (secondary N) is 1. The van der Waals surface area contributed by atoms with E-state index in [0.29, 0.717) is 17.5 Å². The number of carbonyl (C=O) groups is 2. The summed E-state index contributed by atoms with van der Waals surface area (Å²) < 4.78 is 19.8. The van der Waals surface area contributed by atoms with Gasteiger partial charge in [0.1, 0.15) is 18.2 Å². The third kappa shape index (κ3) is 7.60. The molecule has 1 aliphatic heterocycles. The van der Waals surface area contributed by atoms with Gasteiger partial charge >= 0.3 is 6.09 Å². The quantitative estimate of drug-likeness (QED) is 0.160. The summed E-state index contributed by atoms with van der Waals surface area (Å²) in [5, 5.41) is 24.5. The van der Waals surface area contributed by atoms with E-state index in [9.17, 15) is 24.2 Å². The molecular weight excluding hydrogens is 615 g/mol. The van der Waals surface area contributed by atoms with Crippen LogP contribution in [0, 0.1) is 11.7 Å². The van der Waals surface area contributed by atoms with Gasteiger partial charge in [0.2, 0.25) is 5.91 Å². The van der Waals surface area contributed by atoms with Crippen molar-refractivity contribution in [3.8, 4) is 5.75 Å². The van der Waals surface area contributed by atoms with Gasteiger partial charge < -0.3 is 20.3 Å². The van der Waals surface area contributed by atoms with Crippen molar-refractivity contribution in [1.29, 1.82) is 0 Å². The fraction of sp³-hybridized carbons (Fsp3) is 0.235. The lowest BCUT2D eigenvalue weighted by molar-refractivity contribution is -0.134. The first-order chi connectivity index (χ1) is 20.8. The van der Waals surface area contributed by atoms with Gasteiger partial charge in [-0.25, -0.2) is 14.1 Å². The minimum absolute atomic E-state index is 0.0757. The Bertz CT molecular complexity index is 1520. The zero-order valence-corrected chi connectivity index (χ0v) is 24.9. The molecule has 0 spiro atoms. The Morgan fingerprint density at radius 3 is 2.26 bits per heavy atom. The average Bonchev–Trinajstić information content (AvgIpc) is 3.38. The smallest absolute Gasteiger partial charge is 0.416 e. The van der Waals surface area contributed by atoms with Crippen molar-refractivity contribution in [3.63, 3.8) is 0 Å². The van der Waals surface area contributed by atoms with Gasteiger partial charge in [0.25, 0.3) is 0 Å². The average molecular weight is 648 g/mol. The summed E-state index contributed by atoms with van der Waals surface area (Å²) in [5.41, 5.74) is 2.94. The Morgan fingerprint density at radius 1 is 0.930 bits per heavy atom. The van der Waals surface area contributed by atoms with Gasteiger partial charge in [-0.15, -0.1) is 0 Å². The maximum atomic E-state index is 14.5. The van der Waals surface area contributed by atoms with Crippen LogP contribution in [0.5, 0.6) is 5.75 Å². The molecule has 0 bridgehead atoms. The molecule has 7 nitrogen and oxygen atoms in total. The molecular formula is C34H32BrFN2O5. The number of anilines is 1. The van der Waals surface area contributed by atoms with Crippen molar-refractivity contribution < 1.29 is 28.9 Å². The highest BCUT2D eigenvalue weighted by Crippen LogP contribution is 2.36. The van der Waals surface area contributed by atoms with Gasteiger partial charge in [-0.2, -0.15) is 0 Å². The van der Waals surface area contributed by atoms with Crippen LogP contribution in [0.2, 0.25) is 0 Å². The molecule has 0 saturated carbocycles. The molecule has 0 aliphatic carbocycles. The fourth-order valence-corrected chi connectivity index (χ4v) is 5.66. The van der Waals surface area contributed by atoms with Gasteiger partial charge in [-0.3, -0.25) is 4.79 Å². The molecule has 2 amide bonds. The lowest BCUT2D eigenvalue weighted by atomic mass is 9.85. The first-order valence-electron chi connectivity index (χ1n) is 14.1. The highest BCUT2D eigenvalue weighted by atomic mass is 79.9. The third-order valence-corrected chi connectivity index (χ3v) is 8.19. The summed E-state index contributed by atoms with van der Waals surface area (Å²) >= 11 is 3.45. The van der Waals surface area contributed by atoms with Crippen LogP contribution in [0.15, 0.2) is 108 Å². The molecule has 5 rings (SSSR count). The minimum Gasteiger partial charge on any atom is -0.508 e. The van der Waals surface area contributed by atoms with Gasteiger partial charge in [0, 0.05) is 10.2 Å². The number of imide groups is 1. The molecule has 9 heteroatoms. The Labute approximate surface area is 258 Å². The van der Waals surface area contributed by atoms with Crippen LogP contribution in [0.1, 0.15) is 41.7 Å². The highest BCUT2D eigenvalue weighted by molar-refractivity contribution is 9.10. The van der Waals surface area contributed by atoms with Crippen LogP contribution in [-0.4, -0.2) is 39.8 Å². The van der Waals surface area contributed by atoms with E-state index in [2.05, 4.69) is 21.2 Å². The number of cyclic esters (lactones) is 1. The predicted molar refractivity (Wildman–Crippen MR) is 165 cm³/mol. The lowest BCUT2D eigenvalue weighted by Crippen LogP contribution is -2.46. The van der Waals surface area contributed by atoms with Crippen LogP contribution in [0.25, 0.3) is 0 Å². The molecule has 1 saturated heterocycles. The maximum Gasteiger partial charge on any atom is 0.416 e. The van der Waals surface area contributed by atoms with Crippen LogP contribution in [0.3, 0.4) is 0 Å². The number of nitrogens with zero attached hydrogens (tertiary/aromatic N) is 1. The van der Waals surface area contributed by atoms with E-state index in [0.717, 1.165) is 15.7 Å². The van der Waals surface area contributed by atoms with Crippen molar-refractivity contribution in [2.75, 3.05) is 11.9 Å². The number of carbonyl (C=O) groups excluding carboxylic acids is 2. The number of aliphatic hydroxyl groups is 1. The third-order valence-electron chi connectivity index (χ3n) is 7.66. The van der Waals surface area contributed by atoms with Crippen molar-refractivity contribution >= 4 is 33.6 Å². The van der Waals surface area contributed by atoms with Crippen molar-refractivity contribution in [2.45, 2.75) is 37.5 Å². The number of amides is 2. The fourth-order valence-electron chi connectivity index (χ4n) is 5.39. The number of phenols is 1. The molecule has 4 aromatic rings. The van der Waals surface area contributed by atoms with Crippen molar-refractivity contribution in [1.82, 2.24) is 4.90 Å².